The first-order chi connectivity index (χ1) is 7.14. The summed E-state index contributed by atoms with van der Waals surface area (Å²) in [5.41, 5.74) is 5.28. The summed E-state index contributed by atoms with van der Waals surface area (Å²) in [6.45, 7) is 0. The maximum absolute atomic E-state index is 10.6. The van der Waals surface area contributed by atoms with Crippen molar-refractivity contribution in [3.05, 3.63) is 0 Å². The molecule has 1 rings (SSSR count). The van der Waals surface area contributed by atoms with Crippen LogP contribution in [0.4, 0.5) is 13.2 Å². The monoisotopic (exact) mass is 242 g/mol. The first kappa shape index (κ1) is 14.4. The number of halogens is 3. The van der Waals surface area contributed by atoms with Gasteiger partial charge in [-0.05, 0) is 6.42 Å². The second-order valence-corrected chi connectivity index (χ2v) is 2.86. The van der Waals surface area contributed by atoms with Crippen molar-refractivity contribution < 1.29 is 32.7 Å². The Morgan fingerprint density at radius 2 is 1.88 bits per heavy atom. The Labute approximate surface area is 87.6 Å². The highest BCUT2D eigenvalue weighted by molar-refractivity contribution is 6.00. The van der Waals surface area contributed by atoms with Crippen LogP contribution in [-0.2, 0) is 14.4 Å². The number of alkyl halides is 3. The normalized spacial score (nSPS) is 20.6. The van der Waals surface area contributed by atoms with E-state index in [1.165, 1.54) is 0 Å². The van der Waals surface area contributed by atoms with Gasteiger partial charge < -0.3 is 10.8 Å². The molecule has 1 heterocycles. The van der Waals surface area contributed by atoms with Crippen LogP contribution >= 0.6 is 0 Å². The van der Waals surface area contributed by atoms with Gasteiger partial charge in [-0.15, -0.1) is 0 Å². The van der Waals surface area contributed by atoms with E-state index in [4.69, 9.17) is 15.6 Å². The summed E-state index contributed by atoms with van der Waals surface area (Å²) in [6.07, 6.45) is -4.24. The molecule has 0 spiro atoms. The quantitative estimate of drug-likeness (QED) is 0.490. The van der Waals surface area contributed by atoms with Gasteiger partial charge in [0, 0.05) is 6.42 Å². The van der Waals surface area contributed by atoms with E-state index in [-0.39, 0.29) is 11.8 Å². The molecule has 0 aromatic rings. The third kappa shape index (κ3) is 5.29. The predicted molar refractivity (Wildman–Crippen MR) is 44.0 cm³/mol. The van der Waals surface area contributed by atoms with Crippen LogP contribution in [0.25, 0.3) is 0 Å². The zero-order chi connectivity index (χ0) is 12.9. The summed E-state index contributed by atoms with van der Waals surface area (Å²) in [6, 6.07) is -0.484. The van der Waals surface area contributed by atoms with Crippen molar-refractivity contribution in [1.82, 2.24) is 5.32 Å². The fourth-order valence-electron chi connectivity index (χ4n) is 0.710. The van der Waals surface area contributed by atoms with Gasteiger partial charge in [0.05, 0.1) is 6.04 Å². The number of carboxylic acid groups (broad SMARTS) is 1. The largest absolute Gasteiger partial charge is 0.490 e. The summed E-state index contributed by atoms with van der Waals surface area (Å²) < 4.78 is 31.7. The maximum atomic E-state index is 10.6. The molecule has 92 valence electrons. The second-order valence-electron chi connectivity index (χ2n) is 2.86. The van der Waals surface area contributed by atoms with E-state index in [2.05, 4.69) is 5.32 Å². The molecule has 0 bridgehead atoms. The summed E-state index contributed by atoms with van der Waals surface area (Å²) in [7, 11) is 0. The molecule has 0 aliphatic carbocycles. The van der Waals surface area contributed by atoms with Crippen LogP contribution in [0.15, 0.2) is 0 Å². The zero-order valence-corrected chi connectivity index (χ0v) is 7.87. The van der Waals surface area contributed by atoms with Crippen molar-refractivity contribution in [2.45, 2.75) is 25.1 Å². The van der Waals surface area contributed by atoms with Crippen molar-refractivity contribution in [3.8, 4) is 0 Å². The van der Waals surface area contributed by atoms with E-state index >= 15 is 0 Å². The highest BCUT2D eigenvalue weighted by Gasteiger charge is 2.38. The van der Waals surface area contributed by atoms with Crippen LogP contribution in [0.2, 0.25) is 0 Å². The topological polar surface area (TPSA) is 109 Å². The molecular weight excluding hydrogens is 233 g/mol. The van der Waals surface area contributed by atoms with Gasteiger partial charge >= 0.3 is 12.1 Å². The van der Waals surface area contributed by atoms with E-state index in [0.717, 1.165) is 0 Å². The molecular formula is C7H9F3N2O4. The van der Waals surface area contributed by atoms with E-state index in [0.29, 0.717) is 12.8 Å². The summed E-state index contributed by atoms with van der Waals surface area (Å²) in [5.74, 6) is -3.33. The number of carbonyl (C=O) groups excluding carboxylic acids is 2. The summed E-state index contributed by atoms with van der Waals surface area (Å²) in [5, 5.41) is 9.25. The van der Waals surface area contributed by atoms with Crippen LogP contribution < -0.4 is 11.1 Å². The number of carbonyl (C=O) groups is 3. The van der Waals surface area contributed by atoms with Gasteiger partial charge in [0.1, 0.15) is 0 Å². The van der Waals surface area contributed by atoms with E-state index in [9.17, 15) is 22.8 Å². The third-order valence-electron chi connectivity index (χ3n) is 1.52. The molecule has 1 fully saturated rings. The fraction of sp³-hybridized carbons (Fsp3) is 0.571. The number of carboxylic acids is 1. The lowest BCUT2D eigenvalue weighted by atomic mass is 10.1. The Hall–Kier alpha value is -1.64. The molecule has 9 heteroatoms. The molecule has 1 saturated heterocycles. The summed E-state index contributed by atoms with van der Waals surface area (Å²) in [4.78, 5) is 29.9. The second kappa shape index (κ2) is 5.45. The van der Waals surface area contributed by atoms with Gasteiger partial charge in [0.15, 0.2) is 0 Å². The number of aliphatic carboxylic acids is 1. The molecule has 4 N–H and O–H groups in total. The lowest BCUT2D eigenvalue weighted by Crippen LogP contribution is -2.48. The van der Waals surface area contributed by atoms with Crippen molar-refractivity contribution in [3.63, 3.8) is 0 Å². The minimum atomic E-state index is -5.08. The van der Waals surface area contributed by atoms with Gasteiger partial charge in [0.25, 0.3) is 0 Å². The van der Waals surface area contributed by atoms with Crippen molar-refractivity contribution >= 4 is 17.8 Å². The molecule has 1 aliphatic heterocycles. The van der Waals surface area contributed by atoms with Crippen LogP contribution in [0.1, 0.15) is 12.8 Å². The Balaban J connectivity index is 0.000000293. The molecule has 6 nitrogen and oxygen atoms in total. The van der Waals surface area contributed by atoms with Gasteiger partial charge in [-0.25, -0.2) is 4.79 Å². The highest BCUT2D eigenvalue weighted by Crippen LogP contribution is 2.13. The zero-order valence-electron chi connectivity index (χ0n) is 7.87. The minimum Gasteiger partial charge on any atom is -0.475 e. The molecule has 0 saturated carbocycles. The number of hydrogen-bond acceptors (Lipinski definition) is 4. The van der Waals surface area contributed by atoms with Crippen LogP contribution in [0.5, 0.6) is 0 Å². The Kier molecular flexibility index (Phi) is 4.89. The number of rotatable bonds is 0. The molecule has 1 aliphatic rings. The minimum absolute atomic E-state index is 0.221. The number of imide groups is 1. The van der Waals surface area contributed by atoms with Gasteiger partial charge in [0.2, 0.25) is 11.8 Å². The van der Waals surface area contributed by atoms with E-state index in [1.807, 2.05) is 0 Å². The van der Waals surface area contributed by atoms with E-state index in [1.54, 1.807) is 0 Å². The number of piperidine rings is 1. The molecule has 1 atom stereocenters. The number of hydrogen-bond donors (Lipinski definition) is 3. The molecule has 0 aromatic heterocycles. The molecule has 1 unspecified atom stereocenters. The predicted octanol–water partition coefficient (Wildman–Crippen LogP) is -0.616. The highest BCUT2D eigenvalue weighted by atomic mass is 19.4. The molecule has 0 radical (unpaired) electrons. The van der Waals surface area contributed by atoms with Crippen molar-refractivity contribution in [2.24, 2.45) is 5.73 Å². The van der Waals surface area contributed by atoms with Crippen LogP contribution in [-0.4, -0.2) is 35.1 Å². The molecule has 2 amide bonds. The van der Waals surface area contributed by atoms with Gasteiger partial charge in [-0.3, -0.25) is 14.9 Å². The molecule has 16 heavy (non-hydrogen) atoms. The SMILES string of the molecule is NC1CCC(=O)NC1=O.O=C(O)C(F)(F)F. The van der Waals surface area contributed by atoms with Gasteiger partial charge in [-0.1, -0.05) is 0 Å². The number of amides is 2. The maximum Gasteiger partial charge on any atom is 0.490 e. The lowest BCUT2D eigenvalue weighted by Gasteiger charge is -2.15. The number of nitrogens with one attached hydrogen (secondary N) is 1. The van der Waals surface area contributed by atoms with Crippen molar-refractivity contribution in [2.75, 3.05) is 0 Å². The summed E-state index contributed by atoms with van der Waals surface area (Å²) >= 11 is 0. The third-order valence-corrected chi connectivity index (χ3v) is 1.52. The Morgan fingerprint density at radius 1 is 1.44 bits per heavy atom. The Bertz CT molecular complexity index is 302. The first-order valence-corrected chi connectivity index (χ1v) is 4.04. The smallest absolute Gasteiger partial charge is 0.475 e. The van der Waals surface area contributed by atoms with Crippen LogP contribution in [0.3, 0.4) is 0 Å². The van der Waals surface area contributed by atoms with E-state index < -0.39 is 18.2 Å². The lowest BCUT2D eigenvalue weighted by molar-refractivity contribution is -0.192. The first-order valence-electron chi connectivity index (χ1n) is 4.04. The average molecular weight is 242 g/mol. The Morgan fingerprint density at radius 3 is 2.12 bits per heavy atom. The molecule has 0 aromatic carbocycles. The van der Waals surface area contributed by atoms with Crippen molar-refractivity contribution in [1.29, 1.82) is 0 Å². The average Bonchev–Trinajstić information content (AvgIpc) is 2.11. The van der Waals surface area contributed by atoms with Crippen LogP contribution in [0, 0.1) is 0 Å². The van der Waals surface area contributed by atoms with Gasteiger partial charge in [-0.2, -0.15) is 13.2 Å². The standard InChI is InChI=1S/C5H8N2O2.C2HF3O2/c6-3-1-2-4(8)7-5(3)9;3-2(4,5)1(6)7/h3H,1-2,6H2,(H,7,8,9);(H,6,7). The number of nitrogens with two attached hydrogens (primary N) is 1. The fourth-order valence-corrected chi connectivity index (χ4v) is 0.710.